The Morgan fingerprint density at radius 2 is 1.88 bits per heavy atom. The van der Waals surface area contributed by atoms with E-state index in [9.17, 15) is 9.59 Å². The van der Waals surface area contributed by atoms with E-state index >= 15 is 0 Å². The van der Waals surface area contributed by atoms with E-state index in [1.165, 1.54) is 19.3 Å². The molecule has 7 heteroatoms. The second kappa shape index (κ2) is 9.61. The molecule has 2 amide bonds. The monoisotopic (exact) mass is 467 g/mol. The summed E-state index contributed by atoms with van der Waals surface area (Å²) in [6.07, 6.45) is 9.96. The fourth-order valence-corrected chi connectivity index (χ4v) is 5.88. The number of aromatic nitrogens is 1. The molecule has 5 rings (SSSR count). The van der Waals surface area contributed by atoms with Crippen molar-refractivity contribution in [3.63, 3.8) is 0 Å². The highest BCUT2D eigenvalue weighted by atomic mass is 16.5. The largest absolute Gasteiger partial charge is 0.497 e. The molecule has 0 unspecified atom stereocenters. The molecule has 1 saturated carbocycles. The van der Waals surface area contributed by atoms with E-state index in [2.05, 4.69) is 5.32 Å². The fourth-order valence-electron chi connectivity index (χ4n) is 5.88. The van der Waals surface area contributed by atoms with Crippen molar-refractivity contribution in [1.82, 2.24) is 14.8 Å². The molecule has 3 heterocycles. The van der Waals surface area contributed by atoms with Gasteiger partial charge in [-0.2, -0.15) is 0 Å². The molecule has 2 fully saturated rings. The number of carbonyl (C=O) groups is 2. The molecule has 3 aliphatic rings. The number of nitrogens with one attached hydrogen (secondary N) is 1. The average molecular weight is 468 g/mol. The number of hydrogen-bond donors (Lipinski definition) is 1. The van der Waals surface area contributed by atoms with E-state index < -0.39 is 5.54 Å². The predicted octanol–water partition coefficient (Wildman–Crippen LogP) is 4.27. The van der Waals surface area contributed by atoms with E-state index in [0.717, 1.165) is 61.8 Å². The minimum atomic E-state index is -0.993. The Morgan fingerprint density at radius 1 is 1.12 bits per heavy atom. The lowest BCUT2D eigenvalue weighted by Crippen LogP contribution is -2.66. The summed E-state index contributed by atoms with van der Waals surface area (Å²) in [7, 11) is 1.64. The highest BCUT2D eigenvalue weighted by molar-refractivity contribution is 6.03. The number of methoxy groups -OCH3 is 1. The van der Waals surface area contributed by atoms with E-state index in [4.69, 9.17) is 9.47 Å². The van der Waals surface area contributed by atoms with Crippen molar-refractivity contribution in [3.05, 3.63) is 30.0 Å². The number of fused-ring (bicyclic) bond motifs is 3. The van der Waals surface area contributed by atoms with Gasteiger partial charge < -0.3 is 24.3 Å². The summed E-state index contributed by atoms with van der Waals surface area (Å²) in [5.74, 6) is 0.579. The molecule has 0 radical (unpaired) electrons. The summed E-state index contributed by atoms with van der Waals surface area (Å²) < 4.78 is 13.3. The second-order valence-electron chi connectivity index (χ2n) is 10.4. The molecule has 7 nitrogen and oxygen atoms in total. The minimum Gasteiger partial charge on any atom is -0.497 e. The van der Waals surface area contributed by atoms with Crippen LogP contribution in [-0.2, 0) is 16.1 Å². The molecule has 1 aromatic heterocycles. The molecule has 2 aromatic rings. The SMILES string of the molecule is COc1ccc2cc3n(c2c1)C[C@](C)(C(=O)NC1CCCCCCC1)N(C[C@H]1CCCO1)C3=O. The van der Waals surface area contributed by atoms with Crippen LogP contribution in [0.4, 0.5) is 0 Å². The molecule has 0 spiro atoms. The van der Waals surface area contributed by atoms with Crippen molar-refractivity contribution in [3.8, 4) is 5.75 Å². The third-order valence-electron chi connectivity index (χ3n) is 7.98. The van der Waals surface area contributed by atoms with Crippen LogP contribution >= 0.6 is 0 Å². The van der Waals surface area contributed by atoms with E-state index in [0.29, 0.717) is 18.8 Å². The molecule has 1 aliphatic carbocycles. The van der Waals surface area contributed by atoms with Gasteiger partial charge in [-0.15, -0.1) is 0 Å². The zero-order valence-corrected chi connectivity index (χ0v) is 20.5. The number of benzene rings is 1. The van der Waals surface area contributed by atoms with Gasteiger partial charge in [-0.05, 0) is 50.8 Å². The number of amides is 2. The zero-order valence-electron chi connectivity index (χ0n) is 20.5. The van der Waals surface area contributed by atoms with Gasteiger partial charge in [-0.25, -0.2) is 0 Å². The predicted molar refractivity (Wildman–Crippen MR) is 131 cm³/mol. The Morgan fingerprint density at radius 3 is 2.59 bits per heavy atom. The Bertz CT molecular complexity index is 1050. The summed E-state index contributed by atoms with van der Waals surface area (Å²) in [6, 6.07) is 7.94. The lowest BCUT2D eigenvalue weighted by Gasteiger charge is -2.45. The summed E-state index contributed by atoms with van der Waals surface area (Å²) in [5, 5.41) is 4.33. The van der Waals surface area contributed by atoms with Gasteiger partial charge in [0.1, 0.15) is 17.0 Å². The van der Waals surface area contributed by atoms with Gasteiger partial charge >= 0.3 is 0 Å². The van der Waals surface area contributed by atoms with Crippen LogP contribution in [0.3, 0.4) is 0 Å². The van der Waals surface area contributed by atoms with Crippen molar-refractivity contribution in [2.24, 2.45) is 0 Å². The molecule has 0 bridgehead atoms. The number of hydrogen-bond acceptors (Lipinski definition) is 4. The first-order chi connectivity index (χ1) is 16.5. The van der Waals surface area contributed by atoms with Crippen molar-refractivity contribution in [2.45, 2.75) is 88.9 Å². The quantitative estimate of drug-likeness (QED) is 0.713. The summed E-state index contributed by atoms with van der Waals surface area (Å²) >= 11 is 0. The van der Waals surface area contributed by atoms with Crippen molar-refractivity contribution >= 4 is 22.7 Å². The third kappa shape index (κ3) is 4.30. The highest BCUT2D eigenvalue weighted by Crippen LogP contribution is 2.35. The Kier molecular flexibility index (Phi) is 6.56. The maximum absolute atomic E-state index is 13.9. The van der Waals surface area contributed by atoms with Crippen LogP contribution in [0.1, 0.15) is 75.2 Å². The maximum Gasteiger partial charge on any atom is 0.271 e. The van der Waals surface area contributed by atoms with Crippen LogP contribution in [0.5, 0.6) is 5.75 Å². The first-order valence-electron chi connectivity index (χ1n) is 12.9. The van der Waals surface area contributed by atoms with E-state index in [1.54, 1.807) is 12.0 Å². The maximum atomic E-state index is 13.9. The average Bonchev–Trinajstić information content (AvgIpc) is 3.46. The van der Waals surface area contributed by atoms with E-state index in [-0.39, 0.29) is 24.0 Å². The lowest BCUT2D eigenvalue weighted by atomic mass is 9.91. The number of ether oxygens (including phenoxy) is 2. The van der Waals surface area contributed by atoms with Gasteiger partial charge in [0, 0.05) is 30.6 Å². The van der Waals surface area contributed by atoms with Crippen LogP contribution in [0.15, 0.2) is 24.3 Å². The highest BCUT2D eigenvalue weighted by Gasteiger charge is 2.49. The smallest absolute Gasteiger partial charge is 0.271 e. The minimum absolute atomic E-state index is 0.0199. The molecule has 34 heavy (non-hydrogen) atoms. The van der Waals surface area contributed by atoms with Crippen LogP contribution in [0.25, 0.3) is 10.9 Å². The first kappa shape index (κ1) is 23.2. The van der Waals surface area contributed by atoms with Crippen molar-refractivity contribution in [1.29, 1.82) is 0 Å². The summed E-state index contributed by atoms with van der Waals surface area (Å²) in [5.41, 5.74) is 0.551. The van der Waals surface area contributed by atoms with Crippen LogP contribution < -0.4 is 10.1 Å². The molecule has 2 aliphatic heterocycles. The van der Waals surface area contributed by atoms with Crippen LogP contribution in [0.2, 0.25) is 0 Å². The Balaban J connectivity index is 1.49. The second-order valence-corrected chi connectivity index (χ2v) is 10.4. The lowest BCUT2D eigenvalue weighted by molar-refractivity contribution is -0.134. The molecule has 184 valence electrons. The third-order valence-corrected chi connectivity index (χ3v) is 7.98. The van der Waals surface area contributed by atoms with Gasteiger partial charge in [0.25, 0.3) is 5.91 Å². The van der Waals surface area contributed by atoms with Gasteiger partial charge in [0.15, 0.2) is 0 Å². The van der Waals surface area contributed by atoms with Crippen molar-refractivity contribution < 1.29 is 19.1 Å². The van der Waals surface area contributed by atoms with Gasteiger partial charge in [0.2, 0.25) is 5.91 Å². The van der Waals surface area contributed by atoms with Gasteiger partial charge in [-0.3, -0.25) is 9.59 Å². The van der Waals surface area contributed by atoms with Gasteiger partial charge in [-0.1, -0.05) is 32.1 Å². The van der Waals surface area contributed by atoms with Crippen molar-refractivity contribution in [2.75, 3.05) is 20.3 Å². The first-order valence-corrected chi connectivity index (χ1v) is 12.9. The molecular weight excluding hydrogens is 430 g/mol. The van der Waals surface area contributed by atoms with Gasteiger partial charge in [0.05, 0.1) is 25.3 Å². The summed E-state index contributed by atoms with van der Waals surface area (Å²) in [4.78, 5) is 29.6. The molecule has 1 saturated heterocycles. The summed E-state index contributed by atoms with van der Waals surface area (Å²) in [6.45, 7) is 3.50. The normalized spacial score (nSPS) is 26.2. The number of rotatable bonds is 5. The van der Waals surface area contributed by atoms with Crippen LogP contribution in [0, 0.1) is 0 Å². The molecule has 2 atom stereocenters. The molecular formula is C27H37N3O4. The topological polar surface area (TPSA) is 72.8 Å². The fraction of sp³-hybridized carbons (Fsp3) is 0.630. The molecule has 1 N–H and O–H groups in total. The Labute approximate surface area is 201 Å². The standard InChI is InChI=1S/C27H37N3O4/c1-27(26(32)28-20-9-6-4-3-5-7-10-20)18-29-23-16-21(33-2)13-12-19(23)15-24(29)25(31)30(27)17-22-11-8-14-34-22/h12-13,15-16,20,22H,3-11,14,17-18H2,1-2H3,(H,28,32)/t22-,27-/m1/s1. The zero-order chi connectivity index (χ0) is 23.7. The number of carbonyl (C=O) groups excluding carboxylic acids is 2. The number of nitrogens with zero attached hydrogens (tertiary/aromatic N) is 2. The Hall–Kier alpha value is -2.54. The van der Waals surface area contributed by atoms with Crippen LogP contribution in [-0.4, -0.2) is 59.2 Å². The molecule has 1 aromatic carbocycles. The van der Waals surface area contributed by atoms with E-state index in [1.807, 2.05) is 35.8 Å².